The second-order valence-corrected chi connectivity index (χ2v) is 3.65. The molecule has 0 aromatic heterocycles. The summed E-state index contributed by atoms with van der Waals surface area (Å²) in [4.78, 5) is 35.5. The molecule has 20 heavy (non-hydrogen) atoms. The third-order valence-electron chi connectivity index (χ3n) is 2.10. The van der Waals surface area contributed by atoms with Gasteiger partial charge in [0.15, 0.2) is 0 Å². The molecule has 114 valence electrons. The lowest BCUT2D eigenvalue weighted by Crippen LogP contribution is -2.38. The summed E-state index contributed by atoms with van der Waals surface area (Å²) in [6.45, 7) is 7.02. The number of esters is 2. The Kier molecular flexibility index (Phi) is 9.72. The van der Waals surface area contributed by atoms with Crippen molar-refractivity contribution in [1.29, 1.82) is 0 Å². The van der Waals surface area contributed by atoms with Crippen molar-refractivity contribution in [3.05, 3.63) is 12.7 Å². The summed E-state index contributed by atoms with van der Waals surface area (Å²) in [5, 5.41) is 0. The Balaban J connectivity index is 4.44. The first-order valence-corrected chi connectivity index (χ1v) is 6.38. The fourth-order valence-corrected chi connectivity index (χ4v) is 1.28. The van der Waals surface area contributed by atoms with Gasteiger partial charge >= 0.3 is 18.0 Å². The molecule has 0 heterocycles. The van der Waals surface area contributed by atoms with Crippen LogP contribution in [0.25, 0.3) is 0 Å². The first-order valence-electron chi connectivity index (χ1n) is 6.38. The molecule has 0 rings (SSSR count). The number of nitrogens with zero attached hydrogens (tertiary/aromatic N) is 1. The van der Waals surface area contributed by atoms with E-state index in [2.05, 4.69) is 6.58 Å². The number of hydrogen-bond donors (Lipinski definition) is 0. The zero-order chi connectivity index (χ0) is 15.4. The maximum absolute atomic E-state index is 11.7. The number of rotatable bonds is 9. The van der Waals surface area contributed by atoms with Crippen molar-refractivity contribution in [2.75, 3.05) is 32.9 Å². The molecule has 1 amide bonds. The van der Waals surface area contributed by atoms with Crippen LogP contribution in [0.4, 0.5) is 4.79 Å². The van der Waals surface area contributed by atoms with Gasteiger partial charge in [0.05, 0.1) is 19.6 Å². The molecule has 0 aromatic carbocycles. The van der Waals surface area contributed by atoms with Crippen LogP contribution in [-0.4, -0.2) is 55.8 Å². The van der Waals surface area contributed by atoms with Crippen molar-refractivity contribution < 1.29 is 28.6 Å². The minimum Gasteiger partial charge on any atom is -0.466 e. The number of carbonyl (C=O) groups excluding carboxylic acids is 3. The van der Waals surface area contributed by atoms with E-state index >= 15 is 0 Å². The largest absolute Gasteiger partial charge is 0.466 e. The average molecular weight is 287 g/mol. The van der Waals surface area contributed by atoms with Gasteiger partial charge in [-0.1, -0.05) is 12.7 Å². The quantitative estimate of drug-likeness (QED) is 0.359. The van der Waals surface area contributed by atoms with Gasteiger partial charge in [-0.3, -0.25) is 14.5 Å². The maximum Gasteiger partial charge on any atom is 0.410 e. The Morgan fingerprint density at radius 2 is 1.65 bits per heavy atom. The third kappa shape index (κ3) is 8.12. The Labute approximate surface area is 118 Å². The number of ether oxygens (including phenoxy) is 3. The van der Waals surface area contributed by atoms with E-state index in [0.717, 1.165) is 4.90 Å². The zero-order valence-electron chi connectivity index (χ0n) is 11.9. The van der Waals surface area contributed by atoms with E-state index in [0.29, 0.717) is 0 Å². The highest BCUT2D eigenvalue weighted by Crippen LogP contribution is 2.00. The van der Waals surface area contributed by atoms with Crippen molar-refractivity contribution in [2.24, 2.45) is 0 Å². The number of amides is 1. The monoisotopic (exact) mass is 287 g/mol. The van der Waals surface area contributed by atoms with Gasteiger partial charge in [0, 0.05) is 6.54 Å². The number of hydrogen-bond acceptors (Lipinski definition) is 6. The summed E-state index contributed by atoms with van der Waals surface area (Å²) in [5.74, 6) is -1.01. The molecule has 0 spiro atoms. The molecule has 0 atom stereocenters. The molecule has 0 aliphatic carbocycles. The molecule has 7 heteroatoms. The molecule has 0 aliphatic heterocycles. The lowest BCUT2D eigenvalue weighted by molar-refractivity contribution is -0.146. The topological polar surface area (TPSA) is 82.1 Å². The van der Waals surface area contributed by atoms with Crippen molar-refractivity contribution in [2.45, 2.75) is 20.3 Å². The zero-order valence-corrected chi connectivity index (χ0v) is 11.9. The van der Waals surface area contributed by atoms with E-state index in [9.17, 15) is 14.4 Å². The predicted molar refractivity (Wildman–Crippen MR) is 71.0 cm³/mol. The van der Waals surface area contributed by atoms with Gasteiger partial charge in [-0.15, -0.1) is 0 Å². The van der Waals surface area contributed by atoms with Gasteiger partial charge < -0.3 is 14.2 Å². The summed E-state index contributed by atoms with van der Waals surface area (Å²) in [6.07, 6.45) is 0.685. The lowest BCUT2D eigenvalue weighted by Gasteiger charge is -2.20. The van der Waals surface area contributed by atoms with Crippen molar-refractivity contribution in [1.82, 2.24) is 4.90 Å². The molecule has 0 saturated heterocycles. The van der Waals surface area contributed by atoms with Gasteiger partial charge in [-0.05, 0) is 13.8 Å². The van der Waals surface area contributed by atoms with Crippen LogP contribution in [0.15, 0.2) is 12.7 Å². The Morgan fingerprint density at radius 3 is 2.20 bits per heavy atom. The average Bonchev–Trinajstić information content (AvgIpc) is 2.41. The van der Waals surface area contributed by atoms with E-state index < -0.39 is 18.0 Å². The highest BCUT2D eigenvalue weighted by Gasteiger charge is 2.20. The summed E-state index contributed by atoms with van der Waals surface area (Å²) in [5.41, 5.74) is 0. The third-order valence-corrected chi connectivity index (χ3v) is 2.10. The predicted octanol–water partition coefficient (Wildman–Crippen LogP) is 1.13. The van der Waals surface area contributed by atoms with E-state index in [1.54, 1.807) is 13.8 Å². The Hall–Kier alpha value is -2.05. The molecular weight excluding hydrogens is 266 g/mol. The van der Waals surface area contributed by atoms with Crippen LogP contribution in [-0.2, 0) is 23.8 Å². The first-order chi connectivity index (χ1) is 9.54. The van der Waals surface area contributed by atoms with E-state index in [-0.39, 0.29) is 39.3 Å². The Bertz CT molecular complexity index is 342. The molecule has 0 unspecified atom stereocenters. The molecule has 7 nitrogen and oxygen atoms in total. The molecule has 0 saturated carbocycles. The second kappa shape index (κ2) is 10.8. The van der Waals surface area contributed by atoms with Gasteiger partial charge in [0.1, 0.15) is 13.2 Å². The molecule has 0 aromatic rings. The Morgan fingerprint density at radius 1 is 1.05 bits per heavy atom. The summed E-state index contributed by atoms with van der Waals surface area (Å²) in [6, 6.07) is 0. The SMILES string of the molecule is C=CCOC(=O)N(CCC(=O)OCC)CC(=O)OCC. The van der Waals surface area contributed by atoms with Crippen molar-refractivity contribution in [3.63, 3.8) is 0 Å². The smallest absolute Gasteiger partial charge is 0.410 e. The van der Waals surface area contributed by atoms with Crippen LogP contribution in [0.1, 0.15) is 20.3 Å². The molecule has 0 aliphatic rings. The summed E-state index contributed by atoms with van der Waals surface area (Å²) < 4.78 is 14.3. The molecule has 0 N–H and O–H groups in total. The van der Waals surface area contributed by atoms with E-state index in [1.165, 1.54) is 6.08 Å². The van der Waals surface area contributed by atoms with Crippen LogP contribution in [0, 0.1) is 0 Å². The molecular formula is C13H21NO6. The van der Waals surface area contributed by atoms with Crippen molar-refractivity contribution in [3.8, 4) is 0 Å². The van der Waals surface area contributed by atoms with E-state index in [1.807, 2.05) is 0 Å². The highest BCUT2D eigenvalue weighted by molar-refractivity contribution is 5.78. The van der Waals surface area contributed by atoms with Crippen LogP contribution in [0.5, 0.6) is 0 Å². The van der Waals surface area contributed by atoms with Gasteiger partial charge in [0.25, 0.3) is 0 Å². The maximum atomic E-state index is 11.7. The van der Waals surface area contributed by atoms with E-state index in [4.69, 9.17) is 14.2 Å². The van der Waals surface area contributed by atoms with Crippen LogP contribution in [0.2, 0.25) is 0 Å². The van der Waals surface area contributed by atoms with Crippen LogP contribution in [0.3, 0.4) is 0 Å². The first kappa shape index (κ1) is 17.9. The minimum absolute atomic E-state index is 0.0174. The number of carbonyl (C=O) groups is 3. The molecule has 0 radical (unpaired) electrons. The second-order valence-electron chi connectivity index (χ2n) is 3.65. The minimum atomic E-state index is -0.706. The fourth-order valence-electron chi connectivity index (χ4n) is 1.28. The van der Waals surface area contributed by atoms with Crippen LogP contribution >= 0.6 is 0 Å². The van der Waals surface area contributed by atoms with Gasteiger partial charge in [-0.2, -0.15) is 0 Å². The highest BCUT2D eigenvalue weighted by atomic mass is 16.6. The van der Waals surface area contributed by atoms with Crippen molar-refractivity contribution >= 4 is 18.0 Å². The fraction of sp³-hybridized carbons (Fsp3) is 0.615. The van der Waals surface area contributed by atoms with Gasteiger partial charge in [0.2, 0.25) is 0 Å². The molecule has 0 bridgehead atoms. The normalized spacial score (nSPS) is 9.50. The standard InChI is InChI=1S/C13H21NO6/c1-4-9-20-13(17)14(10-12(16)19-6-3)8-7-11(15)18-5-2/h4H,1,5-10H2,2-3H3. The van der Waals surface area contributed by atoms with Crippen LogP contribution < -0.4 is 0 Å². The molecule has 0 fully saturated rings. The lowest BCUT2D eigenvalue weighted by atomic mass is 10.4. The summed E-state index contributed by atoms with van der Waals surface area (Å²) >= 11 is 0. The van der Waals surface area contributed by atoms with Gasteiger partial charge in [-0.25, -0.2) is 4.79 Å². The summed E-state index contributed by atoms with van der Waals surface area (Å²) in [7, 11) is 0.